The van der Waals surface area contributed by atoms with E-state index in [0.717, 1.165) is 11.8 Å². The van der Waals surface area contributed by atoms with Crippen LogP contribution in [0.1, 0.15) is 27.1 Å². The molecular formula is C15H15N3O6S. The van der Waals surface area contributed by atoms with Crippen LogP contribution in [0.25, 0.3) is 0 Å². The van der Waals surface area contributed by atoms with E-state index in [9.17, 15) is 19.2 Å². The van der Waals surface area contributed by atoms with Crippen molar-refractivity contribution in [3.8, 4) is 0 Å². The molecule has 2 amide bonds. The summed E-state index contributed by atoms with van der Waals surface area (Å²) >= 11 is 0.959. The Morgan fingerprint density at radius 1 is 1.16 bits per heavy atom. The maximum Gasteiger partial charge on any atom is 0.337 e. The number of aliphatic imine (C=N–C) groups is 1. The van der Waals surface area contributed by atoms with Gasteiger partial charge in [0, 0.05) is 5.69 Å². The number of hydrogen-bond acceptors (Lipinski definition) is 8. The molecule has 1 aliphatic heterocycles. The molecule has 132 valence electrons. The van der Waals surface area contributed by atoms with E-state index in [1.54, 1.807) is 0 Å². The first kappa shape index (κ1) is 18.5. The number of rotatable bonds is 4. The van der Waals surface area contributed by atoms with Crippen molar-refractivity contribution in [1.29, 1.82) is 0 Å². The van der Waals surface area contributed by atoms with Crippen LogP contribution in [-0.4, -0.2) is 48.4 Å². The van der Waals surface area contributed by atoms with Crippen LogP contribution in [-0.2, 0) is 19.1 Å². The summed E-state index contributed by atoms with van der Waals surface area (Å²) in [6, 6.07) is 3.99. The van der Waals surface area contributed by atoms with Crippen molar-refractivity contribution in [3.05, 3.63) is 29.3 Å². The highest BCUT2D eigenvalue weighted by molar-refractivity contribution is 8.15. The summed E-state index contributed by atoms with van der Waals surface area (Å²) in [4.78, 5) is 50.8. The predicted molar refractivity (Wildman–Crippen MR) is 90.4 cm³/mol. The number of anilines is 1. The van der Waals surface area contributed by atoms with Crippen molar-refractivity contribution in [2.45, 2.75) is 11.7 Å². The highest BCUT2D eigenvalue weighted by atomic mass is 32.2. The molecule has 0 aliphatic carbocycles. The number of amidine groups is 1. The molecular weight excluding hydrogens is 350 g/mol. The molecule has 9 nitrogen and oxygen atoms in total. The van der Waals surface area contributed by atoms with E-state index in [2.05, 4.69) is 19.8 Å². The summed E-state index contributed by atoms with van der Waals surface area (Å²) in [6.07, 6.45) is -0.0995. The molecule has 1 heterocycles. The van der Waals surface area contributed by atoms with E-state index in [1.807, 2.05) is 0 Å². The number of nitrogens with one attached hydrogen (secondary N) is 1. The Hall–Kier alpha value is -2.88. The number of esters is 2. The molecule has 2 rings (SSSR count). The summed E-state index contributed by atoms with van der Waals surface area (Å²) in [5.41, 5.74) is 5.81. The third kappa shape index (κ3) is 4.57. The molecule has 0 radical (unpaired) electrons. The number of carbonyl (C=O) groups excluding carboxylic acids is 4. The van der Waals surface area contributed by atoms with E-state index in [4.69, 9.17) is 5.73 Å². The number of nitrogens with two attached hydrogens (primary N) is 1. The monoisotopic (exact) mass is 365 g/mol. The maximum atomic E-state index is 12.3. The smallest absolute Gasteiger partial charge is 0.337 e. The Bertz CT molecular complexity index is 742. The number of methoxy groups -OCH3 is 2. The van der Waals surface area contributed by atoms with Gasteiger partial charge in [-0.3, -0.25) is 9.59 Å². The molecule has 1 atom stereocenters. The van der Waals surface area contributed by atoms with Gasteiger partial charge in [-0.2, -0.15) is 4.99 Å². The van der Waals surface area contributed by atoms with Crippen molar-refractivity contribution >= 4 is 46.4 Å². The molecule has 0 aromatic heterocycles. The quantitative estimate of drug-likeness (QED) is 0.738. The fourth-order valence-corrected chi connectivity index (χ4v) is 2.92. The van der Waals surface area contributed by atoms with Crippen LogP contribution in [0, 0.1) is 0 Å². The van der Waals surface area contributed by atoms with E-state index in [1.165, 1.54) is 32.4 Å². The van der Waals surface area contributed by atoms with E-state index in [-0.39, 0.29) is 28.4 Å². The van der Waals surface area contributed by atoms with Crippen molar-refractivity contribution in [1.82, 2.24) is 0 Å². The number of ether oxygens (including phenoxy) is 2. The van der Waals surface area contributed by atoms with Gasteiger partial charge in [0.1, 0.15) is 5.25 Å². The molecule has 0 unspecified atom stereocenters. The lowest BCUT2D eigenvalue weighted by Gasteiger charge is -2.18. The van der Waals surface area contributed by atoms with Crippen molar-refractivity contribution in [2.75, 3.05) is 19.5 Å². The molecule has 0 spiro atoms. The van der Waals surface area contributed by atoms with Crippen LogP contribution < -0.4 is 11.1 Å². The number of hydrogen-bond donors (Lipinski definition) is 2. The molecule has 10 heteroatoms. The largest absolute Gasteiger partial charge is 0.465 e. The average Bonchev–Trinajstić information content (AvgIpc) is 2.59. The van der Waals surface area contributed by atoms with Crippen LogP contribution in [0.3, 0.4) is 0 Å². The normalized spacial score (nSPS) is 16.6. The van der Waals surface area contributed by atoms with Crippen LogP contribution >= 0.6 is 11.8 Å². The second-order valence-corrected chi connectivity index (χ2v) is 6.15. The van der Waals surface area contributed by atoms with Crippen molar-refractivity contribution in [2.24, 2.45) is 10.7 Å². The third-order valence-electron chi connectivity index (χ3n) is 3.19. The zero-order chi connectivity index (χ0) is 18.6. The maximum absolute atomic E-state index is 12.3. The van der Waals surface area contributed by atoms with Gasteiger partial charge in [-0.25, -0.2) is 9.59 Å². The van der Waals surface area contributed by atoms with E-state index >= 15 is 0 Å². The summed E-state index contributed by atoms with van der Waals surface area (Å²) in [5, 5.41) is 1.81. The number of carbonyl (C=O) groups is 4. The fourth-order valence-electron chi connectivity index (χ4n) is 2.08. The van der Waals surface area contributed by atoms with Gasteiger partial charge in [0.05, 0.1) is 31.8 Å². The highest BCUT2D eigenvalue weighted by Crippen LogP contribution is 2.23. The first-order chi connectivity index (χ1) is 11.8. The van der Waals surface area contributed by atoms with Crippen LogP contribution in [0.5, 0.6) is 0 Å². The van der Waals surface area contributed by atoms with Crippen LogP contribution in [0.4, 0.5) is 5.69 Å². The predicted octanol–water partition coefficient (Wildman–Crippen LogP) is 0.545. The molecule has 1 aromatic rings. The Morgan fingerprint density at radius 3 is 2.20 bits per heavy atom. The fraction of sp³-hybridized carbons (Fsp3) is 0.267. The molecule has 0 saturated heterocycles. The topological polar surface area (TPSA) is 137 Å². The molecule has 1 aromatic carbocycles. The Balaban J connectivity index is 2.27. The summed E-state index contributed by atoms with van der Waals surface area (Å²) in [6.45, 7) is 0. The second kappa shape index (κ2) is 7.79. The van der Waals surface area contributed by atoms with Crippen molar-refractivity contribution < 1.29 is 28.7 Å². The Labute approximate surface area is 146 Å². The van der Waals surface area contributed by atoms with Crippen molar-refractivity contribution in [3.63, 3.8) is 0 Å². The Morgan fingerprint density at radius 2 is 1.72 bits per heavy atom. The minimum Gasteiger partial charge on any atom is -0.465 e. The second-order valence-electron chi connectivity index (χ2n) is 4.93. The zero-order valence-corrected chi connectivity index (χ0v) is 14.2. The SMILES string of the molecule is COC(=O)c1cc(NC(=O)[C@H]2CC(=O)N=C(N)S2)cc(C(=O)OC)c1. The molecule has 3 N–H and O–H groups in total. The van der Waals surface area contributed by atoms with Gasteiger partial charge in [-0.05, 0) is 18.2 Å². The van der Waals surface area contributed by atoms with E-state index < -0.39 is 29.0 Å². The van der Waals surface area contributed by atoms with Gasteiger partial charge in [-0.1, -0.05) is 11.8 Å². The third-order valence-corrected chi connectivity index (χ3v) is 4.19. The molecule has 0 fully saturated rings. The number of benzene rings is 1. The Kier molecular flexibility index (Phi) is 5.75. The van der Waals surface area contributed by atoms with E-state index in [0.29, 0.717) is 0 Å². The zero-order valence-electron chi connectivity index (χ0n) is 13.4. The lowest BCUT2D eigenvalue weighted by molar-refractivity contribution is -0.121. The summed E-state index contributed by atoms with van der Waals surface area (Å²) < 4.78 is 9.25. The van der Waals surface area contributed by atoms with Gasteiger partial charge in [-0.15, -0.1) is 0 Å². The summed E-state index contributed by atoms with van der Waals surface area (Å²) in [5.74, 6) is -2.36. The first-order valence-electron chi connectivity index (χ1n) is 7.00. The molecule has 0 saturated carbocycles. The number of amides is 2. The molecule has 0 bridgehead atoms. The standard InChI is InChI=1S/C15H15N3O6S/c1-23-13(21)7-3-8(14(22)24-2)5-9(4-7)17-12(20)10-6-11(19)18-15(16)25-10/h3-5,10H,6H2,1-2H3,(H,17,20)(H2,16,18,19)/t10-/m1/s1. The number of thioether (sulfide) groups is 1. The van der Waals surface area contributed by atoms with Gasteiger partial charge >= 0.3 is 11.9 Å². The van der Waals surface area contributed by atoms with Gasteiger partial charge in [0.15, 0.2) is 5.17 Å². The molecule has 1 aliphatic rings. The molecule has 25 heavy (non-hydrogen) atoms. The number of nitrogens with zero attached hydrogens (tertiary/aromatic N) is 1. The van der Waals surface area contributed by atoms with Gasteiger partial charge in [0.2, 0.25) is 11.8 Å². The average molecular weight is 365 g/mol. The highest BCUT2D eigenvalue weighted by Gasteiger charge is 2.28. The minimum absolute atomic E-state index is 0.00922. The lowest BCUT2D eigenvalue weighted by atomic mass is 10.1. The van der Waals surface area contributed by atoms with Crippen LogP contribution in [0.2, 0.25) is 0 Å². The lowest BCUT2D eigenvalue weighted by Crippen LogP contribution is -2.33. The summed E-state index contributed by atoms with van der Waals surface area (Å²) in [7, 11) is 2.38. The van der Waals surface area contributed by atoms with Gasteiger partial charge in [0.25, 0.3) is 0 Å². The first-order valence-corrected chi connectivity index (χ1v) is 7.88. The van der Waals surface area contributed by atoms with Gasteiger partial charge < -0.3 is 20.5 Å². The minimum atomic E-state index is -0.756. The van der Waals surface area contributed by atoms with Crippen LogP contribution in [0.15, 0.2) is 23.2 Å².